The topological polar surface area (TPSA) is 17.1 Å². The van der Waals surface area contributed by atoms with Gasteiger partial charge in [0.25, 0.3) is 0 Å². The number of hydrogen-bond donors (Lipinski definition) is 0. The molecule has 0 aliphatic heterocycles. The van der Waals surface area contributed by atoms with Gasteiger partial charge in [0.15, 0.2) is 0 Å². The SMILES string of the molecule is [2H]C1[C@@H](CCCCC)CC[C@]([2H])(C=O)C1([2H])[2H]. The predicted octanol–water partition coefficient (Wildman–Crippen LogP) is 3.57. The lowest BCUT2D eigenvalue weighted by Crippen LogP contribution is -2.15. The minimum absolute atomic E-state index is 0.00465. The van der Waals surface area contributed by atoms with E-state index in [4.69, 9.17) is 5.48 Å². The Morgan fingerprint density at radius 3 is 3.08 bits per heavy atom. The number of aldehydes is 1. The molecule has 0 bridgehead atoms. The Bertz CT molecular complexity index is 269. The molecule has 0 heterocycles. The second-order valence-electron chi connectivity index (χ2n) is 3.75. The minimum atomic E-state index is -2.02. The van der Waals surface area contributed by atoms with E-state index in [1.165, 1.54) is 0 Å². The van der Waals surface area contributed by atoms with Crippen LogP contribution in [0.4, 0.5) is 0 Å². The lowest BCUT2D eigenvalue weighted by Gasteiger charge is -2.25. The highest BCUT2D eigenvalue weighted by Gasteiger charge is 2.19. The summed E-state index contributed by atoms with van der Waals surface area (Å²) in [5.41, 5.74) is 0. The molecular weight excluding hydrogens is 160 g/mol. The fraction of sp³-hybridized carbons (Fsp3) is 0.917. The fourth-order valence-electron chi connectivity index (χ4n) is 1.70. The van der Waals surface area contributed by atoms with E-state index in [1.54, 1.807) is 0 Å². The van der Waals surface area contributed by atoms with Crippen LogP contribution in [-0.2, 0) is 4.79 Å². The molecule has 0 amide bonds. The van der Waals surface area contributed by atoms with Gasteiger partial charge in [0.2, 0.25) is 0 Å². The van der Waals surface area contributed by atoms with Crippen molar-refractivity contribution in [2.24, 2.45) is 11.8 Å². The van der Waals surface area contributed by atoms with Crippen LogP contribution >= 0.6 is 0 Å². The summed E-state index contributed by atoms with van der Waals surface area (Å²) in [6, 6.07) is 0. The van der Waals surface area contributed by atoms with Gasteiger partial charge in [-0.05, 0) is 31.5 Å². The molecule has 1 aliphatic carbocycles. The standard InChI is InChI=1S/C12H22O/c1-2-3-4-5-11-6-8-12(10-13)9-7-11/h10-12H,2-9H2,1H3/t11-,12-/i6D,8D2,12D/t6?,11-,12-/m1/s1. The van der Waals surface area contributed by atoms with Gasteiger partial charge in [-0.3, -0.25) is 0 Å². The molecule has 76 valence electrons. The van der Waals surface area contributed by atoms with Gasteiger partial charge >= 0.3 is 0 Å². The van der Waals surface area contributed by atoms with Crippen molar-refractivity contribution in [3.05, 3.63) is 0 Å². The lowest BCUT2D eigenvalue weighted by atomic mass is 9.80. The maximum atomic E-state index is 10.9. The third-order valence-corrected chi connectivity index (χ3v) is 2.61. The zero-order valence-electron chi connectivity index (χ0n) is 12.4. The van der Waals surface area contributed by atoms with Crippen LogP contribution in [0.2, 0.25) is 0 Å². The molecule has 1 heteroatoms. The molecule has 0 spiro atoms. The van der Waals surface area contributed by atoms with Crippen molar-refractivity contribution in [2.75, 3.05) is 0 Å². The van der Waals surface area contributed by atoms with Crippen molar-refractivity contribution < 1.29 is 10.3 Å². The van der Waals surface area contributed by atoms with Crippen LogP contribution in [0.25, 0.3) is 0 Å². The highest BCUT2D eigenvalue weighted by Crippen LogP contribution is 2.30. The van der Waals surface area contributed by atoms with Crippen LogP contribution in [0, 0.1) is 11.8 Å². The van der Waals surface area contributed by atoms with Crippen LogP contribution in [0.5, 0.6) is 0 Å². The van der Waals surface area contributed by atoms with Crippen LogP contribution < -0.4 is 0 Å². The normalized spacial score (nSPS) is 48.4. The molecule has 3 atom stereocenters. The molecular formula is C12H22O. The smallest absolute Gasteiger partial charge is 0.123 e. The van der Waals surface area contributed by atoms with Crippen molar-refractivity contribution in [1.29, 1.82) is 0 Å². The van der Waals surface area contributed by atoms with E-state index in [-0.39, 0.29) is 12.3 Å². The van der Waals surface area contributed by atoms with Crippen LogP contribution in [0.3, 0.4) is 0 Å². The van der Waals surface area contributed by atoms with Gasteiger partial charge in [-0.1, -0.05) is 32.6 Å². The molecule has 1 aliphatic rings. The number of unbranched alkanes of at least 4 members (excludes halogenated alkanes) is 2. The van der Waals surface area contributed by atoms with E-state index in [0.717, 1.165) is 25.7 Å². The molecule has 0 aromatic heterocycles. The van der Waals surface area contributed by atoms with E-state index in [0.29, 0.717) is 12.7 Å². The van der Waals surface area contributed by atoms with E-state index in [2.05, 4.69) is 6.92 Å². The van der Waals surface area contributed by atoms with Crippen LogP contribution in [0.1, 0.15) is 63.7 Å². The predicted molar refractivity (Wildman–Crippen MR) is 55.7 cm³/mol. The van der Waals surface area contributed by atoms with Gasteiger partial charge in [0.05, 0.1) is 0 Å². The Labute approximate surface area is 87.5 Å². The number of carbonyl (C=O) groups excluding carboxylic acids is 1. The molecule has 1 nitrogen and oxygen atoms in total. The maximum Gasteiger partial charge on any atom is 0.123 e. The molecule has 13 heavy (non-hydrogen) atoms. The second-order valence-corrected chi connectivity index (χ2v) is 3.75. The van der Waals surface area contributed by atoms with Crippen molar-refractivity contribution in [2.45, 2.75) is 58.2 Å². The summed E-state index contributed by atoms with van der Waals surface area (Å²) in [4.78, 5) is 10.9. The summed E-state index contributed by atoms with van der Waals surface area (Å²) in [5, 5.41) is 0. The Morgan fingerprint density at radius 2 is 2.38 bits per heavy atom. The largest absolute Gasteiger partial charge is 0.303 e. The molecule has 0 radical (unpaired) electrons. The highest BCUT2D eigenvalue weighted by atomic mass is 16.1. The molecule has 0 aromatic carbocycles. The summed E-state index contributed by atoms with van der Waals surface area (Å²) in [5.74, 6) is -1.73. The number of rotatable bonds is 5. The second kappa shape index (κ2) is 6.17. The zero-order chi connectivity index (χ0) is 13.1. The first-order valence-electron chi connectivity index (χ1n) is 7.35. The highest BCUT2D eigenvalue weighted by molar-refractivity contribution is 5.53. The average Bonchev–Trinajstić information content (AvgIpc) is 2.30. The first-order valence-corrected chi connectivity index (χ1v) is 5.27. The third kappa shape index (κ3) is 3.93. The first-order chi connectivity index (χ1) is 7.89. The Morgan fingerprint density at radius 1 is 1.54 bits per heavy atom. The molecule has 1 fully saturated rings. The molecule has 0 N–H and O–H groups in total. The van der Waals surface area contributed by atoms with Crippen molar-refractivity contribution in [3.63, 3.8) is 0 Å². The first kappa shape index (κ1) is 6.21. The van der Waals surface area contributed by atoms with Crippen LogP contribution in [-0.4, -0.2) is 6.29 Å². The fourth-order valence-corrected chi connectivity index (χ4v) is 1.70. The minimum Gasteiger partial charge on any atom is -0.303 e. The molecule has 1 unspecified atom stereocenters. The molecule has 0 aromatic rings. The Balaban J connectivity index is 2.68. The Kier molecular flexibility index (Phi) is 2.95. The molecule has 1 rings (SSSR count). The summed E-state index contributed by atoms with van der Waals surface area (Å²) < 4.78 is 31.5. The number of carbonyl (C=O) groups is 1. The van der Waals surface area contributed by atoms with E-state index < -0.39 is 18.7 Å². The van der Waals surface area contributed by atoms with Gasteiger partial charge in [0.1, 0.15) is 6.29 Å². The molecule has 1 saturated carbocycles. The van der Waals surface area contributed by atoms with Crippen molar-refractivity contribution in [3.8, 4) is 0 Å². The third-order valence-electron chi connectivity index (χ3n) is 2.61. The van der Waals surface area contributed by atoms with Gasteiger partial charge in [0, 0.05) is 11.4 Å². The average molecular weight is 186 g/mol. The van der Waals surface area contributed by atoms with Gasteiger partial charge in [-0.2, -0.15) is 0 Å². The summed E-state index contributed by atoms with van der Waals surface area (Å²) in [7, 11) is 0. The lowest BCUT2D eigenvalue weighted by molar-refractivity contribution is -0.112. The van der Waals surface area contributed by atoms with Gasteiger partial charge < -0.3 is 4.79 Å². The van der Waals surface area contributed by atoms with Gasteiger partial charge in [-0.15, -0.1) is 0 Å². The molecule has 0 saturated heterocycles. The van der Waals surface area contributed by atoms with Crippen LogP contribution in [0.15, 0.2) is 0 Å². The van der Waals surface area contributed by atoms with Crippen molar-refractivity contribution >= 4 is 6.29 Å². The summed E-state index contributed by atoms with van der Waals surface area (Å²) in [6.45, 7) is 2.11. The zero-order valence-corrected chi connectivity index (χ0v) is 8.38. The van der Waals surface area contributed by atoms with E-state index >= 15 is 0 Å². The van der Waals surface area contributed by atoms with Gasteiger partial charge in [-0.25, -0.2) is 0 Å². The number of hydrogen-bond acceptors (Lipinski definition) is 1. The summed E-state index contributed by atoms with van der Waals surface area (Å²) in [6.07, 6.45) is 2.35. The summed E-state index contributed by atoms with van der Waals surface area (Å²) >= 11 is 0. The van der Waals surface area contributed by atoms with Crippen molar-refractivity contribution in [1.82, 2.24) is 0 Å². The maximum absolute atomic E-state index is 10.9. The van der Waals surface area contributed by atoms with E-state index in [1.807, 2.05) is 0 Å². The Hall–Kier alpha value is -0.330. The quantitative estimate of drug-likeness (QED) is 0.474. The van der Waals surface area contributed by atoms with E-state index in [9.17, 15) is 4.79 Å². The monoisotopic (exact) mass is 186 g/mol.